The van der Waals surface area contributed by atoms with Crippen molar-refractivity contribution in [2.45, 2.75) is 18.2 Å². The lowest BCUT2D eigenvalue weighted by Crippen LogP contribution is -2.53. The first kappa shape index (κ1) is 20.0. The summed E-state index contributed by atoms with van der Waals surface area (Å²) >= 11 is 6.38. The summed E-state index contributed by atoms with van der Waals surface area (Å²) in [6.07, 6.45) is -0.670. The van der Waals surface area contributed by atoms with Crippen molar-refractivity contribution in [1.82, 2.24) is 4.90 Å². The lowest BCUT2D eigenvalue weighted by atomic mass is 9.80. The molecule has 3 aromatic rings. The average Bonchev–Trinajstić information content (AvgIpc) is 2.75. The van der Waals surface area contributed by atoms with Gasteiger partial charge in [0.2, 0.25) is 0 Å². The molecule has 150 valence electrons. The molecule has 29 heavy (non-hydrogen) atoms. The maximum absolute atomic E-state index is 14.9. The van der Waals surface area contributed by atoms with Crippen molar-refractivity contribution in [2.24, 2.45) is 0 Å². The van der Waals surface area contributed by atoms with Crippen LogP contribution >= 0.6 is 11.6 Å². The highest BCUT2D eigenvalue weighted by Gasteiger charge is 2.46. The minimum absolute atomic E-state index is 0.0550. The third kappa shape index (κ3) is 4.07. The Balaban J connectivity index is 1.72. The van der Waals surface area contributed by atoms with Crippen LogP contribution < -0.4 is 0 Å². The normalized spacial score (nSPS) is 19.6. The molecule has 4 rings (SSSR count). The van der Waals surface area contributed by atoms with E-state index in [1.54, 1.807) is 18.2 Å². The second-order valence-electron chi connectivity index (χ2n) is 7.31. The van der Waals surface area contributed by atoms with Gasteiger partial charge < -0.3 is 9.84 Å². The first-order chi connectivity index (χ1) is 14.1. The first-order valence-electron chi connectivity index (χ1n) is 9.69. The number of benzene rings is 3. The van der Waals surface area contributed by atoms with E-state index in [1.165, 1.54) is 17.7 Å². The Labute approximate surface area is 175 Å². The van der Waals surface area contributed by atoms with E-state index in [0.717, 1.165) is 13.1 Å². The number of ether oxygens (including phenoxy) is 1. The summed E-state index contributed by atoms with van der Waals surface area (Å²) in [6.45, 7) is 2.36. The molecule has 1 fully saturated rings. The lowest BCUT2D eigenvalue weighted by Gasteiger charge is -2.43. The Morgan fingerprint density at radius 2 is 1.69 bits per heavy atom. The molecule has 5 heteroatoms. The van der Waals surface area contributed by atoms with Gasteiger partial charge in [-0.05, 0) is 23.3 Å². The molecule has 1 saturated heterocycles. The Kier molecular flexibility index (Phi) is 5.97. The summed E-state index contributed by atoms with van der Waals surface area (Å²) in [5.74, 6) is -0.548. The minimum Gasteiger partial charge on any atom is -0.377 e. The van der Waals surface area contributed by atoms with Crippen molar-refractivity contribution in [2.75, 3.05) is 19.7 Å². The third-order valence-electron chi connectivity index (χ3n) is 5.42. The van der Waals surface area contributed by atoms with E-state index in [4.69, 9.17) is 16.3 Å². The van der Waals surface area contributed by atoms with Crippen molar-refractivity contribution in [1.29, 1.82) is 0 Å². The second kappa shape index (κ2) is 8.64. The molecule has 0 aliphatic carbocycles. The van der Waals surface area contributed by atoms with Crippen molar-refractivity contribution in [3.63, 3.8) is 0 Å². The molecule has 1 aliphatic heterocycles. The Morgan fingerprint density at radius 1 is 1.00 bits per heavy atom. The average molecular weight is 412 g/mol. The van der Waals surface area contributed by atoms with Gasteiger partial charge >= 0.3 is 0 Å². The van der Waals surface area contributed by atoms with Crippen LogP contribution in [0, 0.1) is 5.82 Å². The number of hydrogen-bond donors (Lipinski definition) is 1. The van der Waals surface area contributed by atoms with E-state index in [-0.39, 0.29) is 10.6 Å². The largest absolute Gasteiger partial charge is 0.377 e. The predicted molar refractivity (Wildman–Crippen MR) is 112 cm³/mol. The van der Waals surface area contributed by atoms with Gasteiger partial charge in [-0.25, -0.2) is 4.39 Å². The molecule has 1 unspecified atom stereocenters. The molecule has 0 spiro atoms. The van der Waals surface area contributed by atoms with Crippen LogP contribution in [-0.4, -0.2) is 35.8 Å². The topological polar surface area (TPSA) is 32.7 Å². The van der Waals surface area contributed by atoms with E-state index in [9.17, 15) is 9.50 Å². The van der Waals surface area contributed by atoms with Crippen molar-refractivity contribution in [3.8, 4) is 0 Å². The number of aliphatic hydroxyl groups is 1. The monoisotopic (exact) mass is 411 g/mol. The zero-order chi connectivity index (χ0) is 20.3. The predicted octanol–water partition coefficient (Wildman–Crippen LogP) is 4.62. The summed E-state index contributed by atoms with van der Waals surface area (Å²) < 4.78 is 20.9. The van der Waals surface area contributed by atoms with Crippen molar-refractivity contribution < 1.29 is 14.2 Å². The maximum atomic E-state index is 14.9. The number of hydrogen-bond acceptors (Lipinski definition) is 3. The third-order valence-corrected chi connectivity index (χ3v) is 5.74. The number of nitrogens with zero attached hydrogens (tertiary/aromatic N) is 1. The molecule has 1 aliphatic rings. The highest BCUT2D eigenvalue weighted by molar-refractivity contribution is 6.31. The second-order valence-corrected chi connectivity index (χ2v) is 7.72. The van der Waals surface area contributed by atoms with Gasteiger partial charge in [0, 0.05) is 25.2 Å². The Hall–Kier alpha value is -2.24. The molecule has 3 aromatic carbocycles. The van der Waals surface area contributed by atoms with Crippen LogP contribution in [0.2, 0.25) is 5.02 Å². The zero-order valence-corrected chi connectivity index (χ0v) is 16.7. The molecule has 0 bridgehead atoms. The van der Waals surface area contributed by atoms with Crippen LogP contribution in [0.4, 0.5) is 4.39 Å². The van der Waals surface area contributed by atoms with Gasteiger partial charge in [-0.2, -0.15) is 0 Å². The fourth-order valence-electron chi connectivity index (χ4n) is 3.99. The van der Waals surface area contributed by atoms with Crippen LogP contribution in [0.25, 0.3) is 0 Å². The highest BCUT2D eigenvalue weighted by atomic mass is 35.5. The molecular weight excluding hydrogens is 389 g/mol. The summed E-state index contributed by atoms with van der Waals surface area (Å²) in [4.78, 5) is 2.21. The molecule has 0 amide bonds. The van der Waals surface area contributed by atoms with Gasteiger partial charge in [0.25, 0.3) is 0 Å². The summed E-state index contributed by atoms with van der Waals surface area (Å²) in [5.41, 5.74) is 0.0808. The van der Waals surface area contributed by atoms with Gasteiger partial charge in [0.1, 0.15) is 17.5 Å². The smallest absolute Gasteiger partial charge is 0.146 e. The summed E-state index contributed by atoms with van der Waals surface area (Å²) in [5, 5.41) is 12.1. The highest BCUT2D eigenvalue weighted by Crippen LogP contribution is 2.41. The van der Waals surface area contributed by atoms with Gasteiger partial charge in [-0.3, -0.25) is 4.90 Å². The van der Waals surface area contributed by atoms with E-state index in [0.29, 0.717) is 18.7 Å². The van der Waals surface area contributed by atoms with Crippen LogP contribution in [0.1, 0.15) is 16.7 Å². The van der Waals surface area contributed by atoms with E-state index < -0.39 is 17.5 Å². The van der Waals surface area contributed by atoms with Crippen LogP contribution in [0.5, 0.6) is 0 Å². The SMILES string of the molecule is OC(c1ccccc1)(c1c(F)cccc1Cl)[C@@H]1CN(Cc2ccccc2)CCO1. The minimum atomic E-state index is -1.71. The Morgan fingerprint density at radius 3 is 2.38 bits per heavy atom. The first-order valence-corrected chi connectivity index (χ1v) is 10.1. The molecule has 2 atom stereocenters. The van der Waals surface area contributed by atoms with E-state index >= 15 is 0 Å². The summed E-state index contributed by atoms with van der Waals surface area (Å²) in [7, 11) is 0. The van der Waals surface area contributed by atoms with Gasteiger partial charge in [0.05, 0.1) is 11.6 Å². The number of morpholine rings is 1. The van der Waals surface area contributed by atoms with Crippen molar-refractivity contribution in [3.05, 3.63) is 106 Å². The molecule has 1 N–H and O–H groups in total. The lowest BCUT2D eigenvalue weighted by molar-refractivity contribution is -0.131. The fraction of sp³-hybridized carbons (Fsp3) is 0.250. The van der Waals surface area contributed by atoms with E-state index in [2.05, 4.69) is 17.0 Å². The van der Waals surface area contributed by atoms with Crippen LogP contribution in [0.3, 0.4) is 0 Å². The molecular formula is C24H23ClFNO2. The summed E-state index contributed by atoms with van der Waals surface area (Å²) in [6, 6.07) is 23.6. The quantitative estimate of drug-likeness (QED) is 0.665. The fourth-order valence-corrected chi connectivity index (χ4v) is 4.29. The van der Waals surface area contributed by atoms with Gasteiger partial charge in [0.15, 0.2) is 0 Å². The van der Waals surface area contributed by atoms with Crippen LogP contribution in [0.15, 0.2) is 78.9 Å². The van der Waals surface area contributed by atoms with Gasteiger partial charge in [-0.15, -0.1) is 0 Å². The molecule has 0 saturated carbocycles. The number of rotatable bonds is 5. The molecule has 1 heterocycles. The number of halogens is 2. The van der Waals surface area contributed by atoms with Crippen molar-refractivity contribution >= 4 is 11.6 Å². The maximum Gasteiger partial charge on any atom is 0.146 e. The van der Waals surface area contributed by atoms with Gasteiger partial charge in [-0.1, -0.05) is 78.3 Å². The van der Waals surface area contributed by atoms with E-state index in [1.807, 2.05) is 36.4 Å². The Bertz CT molecular complexity index is 933. The molecule has 0 aromatic heterocycles. The van der Waals surface area contributed by atoms with Crippen LogP contribution in [-0.2, 0) is 16.9 Å². The zero-order valence-electron chi connectivity index (χ0n) is 16.0. The molecule has 3 nitrogen and oxygen atoms in total. The molecule has 0 radical (unpaired) electrons. The standard InChI is InChI=1S/C24H23ClFNO2/c25-20-12-7-13-21(26)23(20)24(28,19-10-5-2-6-11-19)22-17-27(14-15-29-22)16-18-8-3-1-4-9-18/h1-13,22,28H,14-17H2/t22-,24?/m0/s1.